The SMILES string of the molecule is CCc1cccnc1CNS(=O)(=O)c1cnc(Cl)c(Cl)c1. The molecule has 0 atom stereocenters. The second-order valence-corrected chi connectivity index (χ2v) is 6.76. The third kappa shape index (κ3) is 3.91. The van der Waals surface area contributed by atoms with Crippen molar-refractivity contribution in [3.05, 3.63) is 52.0 Å². The molecule has 0 saturated heterocycles. The van der Waals surface area contributed by atoms with E-state index in [0.717, 1.165) is 18.2 Å². The van der Waals surface area contributed by atoms with Gasteiger partial charge in [0.2, 0.25) is 10.0 Å². The molecule has 0 aliphatic heterocycles. The van der Waals surface area contributed by atoms with E-state index >= 15 is 0 Å². The maximum Gasteiger partial charge on any atom is 0.242 e. The molecule has 0 radical (unpaired) electrons. The molecule has 0 bridgehead atoms. The fourth-order valence-electron chi connectivity index (χ4n) is 1.75. The molecular formula is C13H13Cl2N3O2S. The van der Waals surface area contributed by atoms with Crippen molar-refractivity contribution in [1.82, 2.24) is 14.7 Å². The van der Waals surface area contributed by atoms with Gasteiger partial charge in [0.05, 0.1) is 17.3 Å². The van der Waals surface area contributed by atoms with Crippen LogP contribution in [0.4, 0.5) is 0 Å². The Morgan fingerprint density at radius 1 is 1.29 bits per heavy atom. The van der Waals surface area contributed by atoms with Crippen LogP contribution in [0.2, 0.25) is 10.2 Å². The smallest absolute Gasteiger partial charge is 0.242 e. The Labute approximate surface area is 133 Å². The molecule has 0 aliphatic carbocycles. The number of aryl methyl sites for hydroxylation is 1. The Kier molecular flexibility index (Phi) is 5.16. The number of pyridine rings is 2. The fraction of sp³-hybridized carbons (Fsp3) is 0.231. The van der Waals surface area contributed by atoms with Crippen molar-refractivity contribution in [3.8, 4) is 0 Å². The van der Waals surface area contributed by atoms with Crippen molar-refractivity contribution in [2.45, 2.75) is 24.8 Å². The molecule has 2 aromatic heterocycles. The summed E-state index contributed by atoms with van der Waals surface area (Å²) >= 11 is 11.5. The van der Waals surface area contributed by atoms with Crippen LogP contribution in [-0.2, 0) is 23.0 Å². The lowest BCUT2D eigenvalue weighted by Crippen LogP contribution is -2.24. The molecule has 2 rings (SSSR count). The van der Waals surface area contributed by atoms with E-state index in [1.807, 2.05) is 19.1 Å². The van der Waals surface area contributed by atoms with Gasteiger partial charge in [-0.2, -0.15) is 0 Å². The average Bonchev–Trinajstić information content (AvgIpc) is 2.48. The molecule has 2 aromatic rings. The molecule has 1 N–H and O–H groups in total. The van der Waals surface area contributed by atoms with E-state index in [0.29, 0.717) is 5.69 Å². The average molecular weight is 346 g/mol. The standard InChI is InChI=1S/C13H13Cl2N3O2S/c1-2-9-4-3-5-16-12(9)8-18-21(19,20)10-6-11(14)13(15)17-7-10/h3-7,18H,2,8H2,1H3. The summed E-state index contributed by atoms with van der Waals surface area (Å²) in [5.74, 6) is 0. The molecule has 0 saturated carbocycles. The number of nitrogens with zero attached hydrogens (tertiary/aromatic N) is 2. The first-order valence-electron chi connectivity index (χ1n) is 6.17. The van der Waals surface area contributed by atoms with Crippen molar-refractivity contribution in [2.24, 2.45) is 0 Å². The highest BCUT2D eigenvalue weighted by molar-refractivity contribution is 7.89. The minimum Gasteiger partial charge on any atom is -0.260 e. The Bertz CT molecular complexity index is 751. The Morgan fingerprint density at radius 2 is 2.05 bits per heavy atom. The van der Waals surface area contributed by atoms with E-state index in [-0.39, 0.29) is 21.6 Å². The zero-order valence-electron chi connectivity index (χ0n) is 11.2. The minimum atomic E-state index is -3.72. The molecule has 0 fully saturated rings. The van der Waals surface area contributed by atoms with Gasteiger partial charge in [0.15, 0.2) is 0 Å². The summed E-state index contributed by atoms with van der Waals surface area (Å²) in [6.07, 6.45) is 3.57. The third-order valence-corrected chi connectivity index (χ3v) is 4.93. The van der Waals surface area contributed by atoms with Crippen molar-refractivity contribution < 1.29 is 8.42 Å². The summed E-state index contributed by atoms with van der Waals surface area (Å²) in [6, 6.07) is 5.00. The van der Waals surface area contributed by atoms with Gasteiger partial charge in [0.25, 0.3) is 0 Å². The van der Waals surface area contributed by atoms with Crippen molar-refractivity contribution >= 4 is 33.2 Å². The van der Waals surface area contributed by atoms with E-state index in [2.05, 4.69) is 14.7 Å². The first-order chi connectivity index (χ1) is 9.94. The van der Waals surface area contributed by atoms with Gasteiger partial charge in [-0.3, -0.25) is 4.98 Å². The van der Waals surface area contributed by atoms with Gasteiger partial charge in [-0.1, -0.05) is 36.2 Å². The molecule has 0 amide bonds. The first-order valence-corrected chi connectivity index (χ1v) is 8.41. The third-order valence-electron chi connectivity index (χ3n) is 2.88. The lowest BCUT2D eigenvalue weighted by atomic mass is 10.1. The van der Waals surface area contributed by atoms with Gasteiger partial charge < -0.3 is 0 Å². The largest absolute Gasteiger partial charge is 0.260 e. The molecule has 2 heterocycles. The molecular weight excluding hydrogens is 333 g/mol. The summed E-state index contributed by atoms with van der Waals surface area (Å²) in [4.78, 5) is 7.88. The Hall–Kier alpha value is -1.21. The number of halogens is 2. The highest BCUT2D eigenvalue weighted by atomic mass is 35.5. The zero-order chi connectivity index (χ0) is 15.5. The van der Waals surface area contributed by atoms with Crippen LogP contribution in [0.5, 0.6) is 0 Å². The topological polar surface area (TPSA) is 72.0 Å². The highest BCUT2D eigenvalue weighted by Gasteiger charge is 2.17. The van der Waals surface area contributed by atoms with Crippen molar-refractivity contribution in [1.29, 1.82) is 0 Å². The number of hydrogen-bond donors (Lipinski definition) is 1. The van der Waals surface area contributed by atoms with Gasteiger partial charge in [-0.15, -0.1) is 0 Å². The van der Waals surface area contributed by atoms with Crippen LogP contribution in [0.25, 0.3) is 0 Å². The van der Waals surface area contributed by atoms with Crippen LogP contribution in [0.3, 0.4) is 0 Å². The zero-order valence-corrected chi connectivity index (χ0v) is 13.5. The monoisotopic (exact) mass is 345 g/mol. The second-order valence-electron chi connectivity index (χ2n) is 4.23. The summed E-state index contributed by atoms with van der Waals surface area (Å²) in [7, 11) is -3.72. The van der Waals surface area contributed by atoms with Crippen LogP contribution < -0.4 is 4.72 Å². The predicted octanol–water partition coefficient (Wildman–Crippen LogP) is 2.82. The molecule has 0 unspecified atom stereocenters. The summed E-state index contributed by atoms with van der Waals surface area (Å²) < 4.78 is 26.9. The molecule has 0 spiro atoms. The predicted molar refractivity (Wildman–Crippen MR) is 81.9 cm³/mol. The minimum absolute atomic E-state index is 0.0362. The molecule has 8 heteroatoms. The molecule has 21 heavy (non-hydrogen) atoms. The Balaban J connectivity index is 2.20. The molecule has 0 aromatic carbocycles. The lowest BCUT2D eigenvalue weighted by Gasteiger charge is -2.09. The maximum atomic E-state index is 12.2. The highest BCUT2D eigenvalue weighted by Crippen LogP contribution is 2.22. The fourth-order valence-corrected chi connectivity index (χ4v) is 3.04. The van der Waals surface area contributed by atoms with Crippen molar-refractivity contribution in [3.63, 3.8) is 0 Å². The number of sulfonamides is 1. The van der Waals surface area contributed by atoms with Crippen LogP contribution >= 0.6 is 23.2 Å². The number of nitrogens with one attached hydrogen (secondary N) is 1. The van der Waals surface area contributed by atoms with Gasteiger partial charge >= 0.3 is 0 Å². The second kappa shape index (κ2) is 6.70. The molecule has 5 nitrogen and oxygen atoms in total. The van der Waals surface area contributed by atoms with Gasteiger partial charge in [-0.05, 0) is 24.1 Å². The van der Waals surface area contributed by atoms with E-state index in [9.17, 15) is 8.42 Å². The first kappa shape index (κ1) is 16.2. The quantitative estimate of drug-likeness (QED) is 0.845. The van der Waals surface area contributed by atoms with E-state index in [1.165, 1.54) is 6.07 Å². The van der Waals surface area contributed by atoms with Crippen LogP contribution in [0.15, 0.2) is 35.5 Å². The number of hydrogen-bond acceptors (Lipinski definition) is 4. The van der Waals surface area contributed by atoms with E-state index < -0.39 is 10.0 Å². The number of aromatic nitrogens is 2. The summed E-state index contributed by atoms with van der Waals surface area (Å²) in [6.45, 7) is 2.09. The van der Waals surface area contributed by atoms with Crippen LogP contribution in [-0.4, -0.2) is 18.4 Å². The van der Waals surface area contributed by atoms with E-state index in [4.69, 9.17) is 23.2 Å². The van der Waals surface area contributed by atoms with E-state index in [1.54, 1.807) is 6.20 Å². The maximum absolute atomic E-state index is 12.2. The van der Waals surface area contributed by atoms with Crippen LogP contribution in [0, 0.1) is 0 Å². The van der Waals surface area contributed by atoms with Gasteiger partial charge in [-0.25, -0.2) is 18.1 Å². The summed E-state index contributed by atoms with van der Waals surface area (Å²) in [5, 5.41) is 0.153. The van der Waals surface area contributed by atoms with Crippen LogP contribution in [0.1, 0.15) is 18.2 Å². The van der Waals surface area contributed by atoms with Gasteiger partial charge in [0.1, 0.15) is 10.0 Å². The Morgan fingerprint density at radius 3 is 2.71 bits per heavy atom. The summed E-state index contributed by atoms with van der Waals surface area (Å²) in [5.41, 5.74) is 1.68. The number of rotatable bonds is 5. The lowest BCUT2D eigenvalue weighted by molar-refractivity contribution is 0.579. The molecule has 112 valence electrons. The van der Waals surface area contributed by atoms with Gasteiger partial charge in [0, 0.05) is 12.4 Å². The normalized spacial score (nSPS) is 11.6. The van der Waals surface area contributed by atoms with Crippen molar-refractivity contribution in [2.75, 3.05) is 0 Å². The molecule has 0 aliphatic rings.